The molecule has 7 nitrogen and oxygen atoms in total. The largest absolute Gasteiger partial charge is 0.417 e. The summed E-state index contributed by atoms with van der Waals surface area (Å²) in [5.41, 5.74) is 0.0953. The molecule has 0 bridgehead atoms. The molecule has 0 aliphatic rings. The summed E-state index contributed by atoms with van der Waals surface area (Å²) in [5, 5.41) is 15.3. The molecule has 0 aliphatic heterocycles. The molecular formula is C16H15ClF3N6O+. The molecule has 1 amide bonds. The Morgan fingerprint density at radius 2 is 1.85 bits per heavy atom. The first-order valence-electron chi connectivity index (χ1n) is 7.46. The minimum atomic E-state index is -4.61. The number of hydrogen-bond donors (Lipinski definition) is 4. The molecule has 0 heterocycles. The Hall–Kier alpha value is -3.14. The van der Waals surface area contributed by atoms with Gasteiger partial charge in [0, 0.05) is 16.6 Å². The van der Waals surface area contributed by atoms with Crippen molar-refractivity contribution < 1.29 is 22.7 Å². The zero-order valence-electron chi connectivity index (χ0n) is 13.7. The highest BCUT2D eigenvalue weighted by molar-refractivity contribution is 6.31. The van der Waals surface area contributed by atoms with Crippen LogP contribution in [0.25, 0.3) is 0 Å². The van der Waals surface area contributed by atoms with Crippen LogP contribution in [0, 0.1) is 5.41 Å². The van der Waals surface area contributed by atoms with Crippen LogP contribution in [0.3, 0.4) is 0 Å². The van der Waals surface area contributed by atoms with E-state index in [0.717, 1.165) is 23.2 Å². The van der Waals surface area contributed by atoms with Gasteiger partial charge in [-0.1, -0.05) is 11.6 Å². The number of anilines is 2. The van der Waals surface area contributed by atoms with Crippen LogP contribution >= 0.6 is 11.6 Å². The topological polar surface area (TPSA) is 106 Å². The average Bonchev–Trinajstić information content (AvgIpc) is 2.63. The third kappa shape index (κ3) is 5.42. The van der Waals surface area contributed by atoms with Gasteiger partial charge in [-0.2, -0.15) is 18.6 Å². The number of benzene rings is 2. The van der Waals surface area contributed by atoms with E-state index < -0.39 is 22.7 Å². The fraction of sp³-hybridized carbons (Fsp3) is 0.125. The van der Waals surface area contributed by atoms with Crippen molar-refractivity contribution in [2.75, 3.05) is 17.2 Å². The van der Waals surface area contributed by atoms with E-state index in [9.17, 15) is 18.0 Å². The van der Waals surface area contributed by atoms with Crippen molar-refractivity contribution >= 4 is 40.9 Å². The van der Waals surface area contributed by atoms with Crippen molar-refractivity contribution in [3.63, 3.8) is 0 Å². The maximum absolute atomic E-state index is 12.8. The predicted molar refractivity (Wildman–Crippen MR) is 95.3 cm³/mol. The molecule has 0 radical (unpaired) electrons. The molecule has 11 heteroatoms. The Morgan fingerprint density at radius 1 is 1.22 bits per heavy atom. The normalized spacial score (nSPS) is 11.8. The predicted octanol–water partition coefficient (Wildman–Crippen LogP) is 3.99. The van der Waals surface area contributed by atoms with Gasteiger partial charge >= 0.3 is 6.18 Å². The molecule has 142 valence electrons. The molecule has 0 atom stereocenters. The van der Waals surface area contributed by atoms with E-state index in [4.69, 9.17) is 22.9 Å². The number of carbonyl (C=O) groups is 1. The lowest BCUT2D eigenvalue weighted by atomic mass is 10.2. The molecule has 27 heavy (non-hydrogen) atoms. The van der Waals surface area contributed by atoms with E-state index in [1.54, 1.807) is 24.3 Å². The van der Waals surface area contributed by atoms with Gasteiger partial charge in [0.2, 0.25) is 12.2 Å². The second-order valence-corrected chi connectivity index (χ2v) is 5.64. The van der Waals surface area contributed by atoms with Gasteiger partial charge in [0.1, 0.15) is 5.69 Å². The van der Waals surface area contributed by atoms with Crippen LogP contribution in [0.15, 0.2) is 47.7 Å². The van der Waals surface area contributed by atoms with Crippen molar-refractivity contribution in [2.24, 2.45) is 11.1 Å². The van der Waals surface area contributed by atoms with E-state index in [0.29, 0.717) is 11.4 Å². The molecule has 0 aromatic heterocycles. The summed E-state index contributed by atoms with van der Waals surface area (Å²) in [5.74, 6) is 4.59. The van der Waals surface area contributed by atoms with E-state index >= 15 is 0 Å². The van der Waals surface area contributed by atoms with Crippen LogP contribution in [0.4, 0.5) is 30.2 Å². The summed E-state index contributed by atoms with van der Waals surface area (Å²) in [7, 11) is 0. The molecule has 0 saturated heterocycles. The summed E-state index contributed by atoms with van der Waals surface area (Å²) in [6.45, 7) is -0.168. The SMILES string of the molecule is N=C[N+](=NN)c1ccc(NCC(=O)Nc2ccc(Cl)c(C(F)(F)F)c2)cc1. The molecule has 2 aromatic rings. The first-order chi connectivity index (χ1) is 12.7. The van der Waals surface area contributed by atoms with Gasteiger partial charge in [-0.15, -0.1) is 4.70 Å². The standard InChI is InChI=1S/C16H14ClF3N6O/c17-14-6-3-11(7-13(14)16(18,19)20)24-15(27)8-23-10-1-4-12(5-2-10)26(9-21)25-22/h1-7,9,21-23H,8H2,(H,24,27)/p+1. The minimum Gasteiger partial charge on any atom is -0.376 e. The lowest BCUT2D eigenvalue weighted by Crippen LogP contribution is -2.22. The second-order valence-electron chi connectivity index (χ2n) is 5.23. The molecule has 2 aromatic carbocycles. The van der Waals surface area contributed by atoms with E-state index in [2.05, 4.69) is 15.9 Å². The van der Waals surface area contributed by atoms with Crippen LogP contribution in [0.5, 0.6) is 0 Å². The lowest BCUT2D eigenvalue weighted by molar-refractivity contribution is -0.384. The molecule has 2 rings (SSSR count). The quantitative estimate of drug-likeness (QED) is 0.147. The van der Waals surface area contributed by atoms with Crippen molar-refractivity contribution in [3.05, 3.63) is 53.1 Å². The zero-order valence-corrected chi connectivity index (χ0v) is 14.5. The van der Waals surface area contributed by atoms with Crippen molar-refractivity contribution in [3.8, 4) is 0 Å². The van der Waals surface area contributed by atoms with Gasteiger partial charge in [0.05, 0.1) is 17.1 Å². The minimum absolute atomic E-state index is 0.0138. The van der Waals surface area contributed by atoms with Crippen LogP contribution < -0.4 is 16.5 Å². The van der Waals surface area contributed by atoms with Crippen LogP contribution in [-0.4, -0.2) is 23.5 Å². The Kier molecular flexibility index (Phi) is 6.35. The van der Waals surface area contributed by atoms with Crippen LogP contribution in [0.2, 0.25) is 5.02 Å². The smallest absolute Gasteiger partial charge is 0.376 e. The molecular weight excluding hydrogens is 385 g/mol. The number of nitrogens with one attached hydrogen (secondary N) is 3. The third-order valence-electron chi connectivity index (χ3n) is 3.39. The van der Waals surface area contributed by atoms with Gasteiger partial charge in [-0.05, 0) is 42.5 Å². The summed E-state index contributed by atoms with van der Waals surface area (Å²) < 4.78 is 39.6. The van der Waals surface area contributed by atoms with E-state index in [1.165, 1.54) is 6.07 Å². The fourth-order valence-corrected chi connectivity index (χ4v) is 2.34. The van der Waals surface area contributed by atoms with Gasteiger partial charge in [0.25, 0.3) is 0 Å². The molecule has 0 saturated carbocycles. The first-order valence-corrected chi connectivity index (χ1v) is 7.83. The van der Waals surface area contributed by atoms with Crippen LogP contribution in [-0.2, 0) is 11.0 Å². The van der Waals surface area contributed by atoms with Gasteiger partial charge in [-0.25, -0.2) is 5.84 Å². The molecule has 5 N–H and O–H groups in total. The number of carbonyl (C=O) groups excluding carboxylic acids is 1. The van der Waals surface area contributed by atoms with E-state index in [1.807, 2.05) is 0 Å². The number of nitrogens with two attached hydrogens (primary N) is 1. The molecule has 0 unspecified atom stereocenters. The molecule has 0 aliphatic carbocycles. The van der Waals surface area contributed by atoms with Crippen molar-refractivity contribution in [2.45, 2.75) is 6.18 Å². The van der Waals surface area contributed by atoms with Crippen molar-refractivity contribution in [1.29, 1.82) is 5.41 Å². The highest BCUT2D eigenvalue weighted by atomic mass is 35.5. The number of rotatable bonds is 6. The highest BCUT2D eigenvalue weighted by Gasteiger charge is 2.33. The van der Waals surface area contributed by atoms with Crippen molar-refractivity contribution in [1.82, 2.24) is 0 Å². The Balaban J connectivity index is 1.98. The number of amides is 1. The Bertz CT molecular complexity index is 867. The maximum atomic E-state index is 12.8. The Morgan fingerprint density at radius 3 is 2.41 bits per heavy atom. The number of halogens is 4. The summed E-state index contributed by atoms with van der Waals surface area (Å²) in [6, 6.07) is 9.64. The summed E-state index contributed by atoms with van der Waals surface area (Å²) >= 11 is 5.54. The third-order valence-corrected chi connectivity index (χ3v) is 3.72. The molecule has 0 fully saturated rings. The summed E-state index contributed by atoms with van der Waals surface area (Å²) in [6.07, 6.45) is -3.69. The fourth-order valence-electron chi connectivity index (χ4n) is 2.11. The van der Waals surface area contributed by atoms with E-state index in [-0.39, 0.29) is 12.2 Å². The average molecular weight is 400 g/mol. The van der Waals surface area contributed by atoms with Gasteiger partial charge < -0.3 is 10.6 Å². The highest BCUT2D eigenvalue weighted by Crippen LogP contribution is 2.36. The van der Waals surface area contributed by atoms with Gasteiger partial charge in [0.15, 0.2) is 0 Å². The van der Waals surface area contributed by atoms with Gasteiger partial charge in [-0.3, -0.25) is 4.79 Å². The molecule has 0 spiro atoms. The number of nitrogens with zero attached hydrogens (tertiary/aromatic N) is 2. The number of hydrogen-bond acceptors (Lipinski definition) is 4. The number of alkyl halides is 3. The second kappa shape index (κ2) is 8.49. The maximum Gasteiger partial charge on any atom is 0.417 e. The monoisotopic (exact) mass is 399 g/mol. The first kappa shape index (κ1) is 20.2. The lowest BCUT2D eigenvalue weighted by Gasteiger charge is -2.12. The zero-order chi connectivity index (χ0) is 20.0. The summed E-state index contributed by atoms with van der Waals surface area (Å²) in [4.78, 5) is 11.9. The Labute approximate surface area is 157 Å². The van der Waals surface area contributed by atoms with Crippen LogP contribution in [0.1, 0.15) is 5.56 Å².